The Morgan fingerprint density at radius 1 is 0.301 bits per heavy atom. The lowest BCUT2D eigenvalue weighted by Crippen LogP contribution is -2.27. The minimum Gasteiger partial charge on any atom is -0.309 e. The monoisotopic (exact) mass is 1060 g/mol. The van der Waals surface area contributed by atoms with Gasteiger partial charge in [0.25, 0.3) is 0 Å². The van der Waals surface area contributed by atoms with E-state index in [0.717, 1.165) is 39.4 Å². The van der Waals surface area contributed by atoms with Gasteiger partial charge in [0.2, 0.25) is 0 Å². The van der Waals surface area contributed by atoms with E-state index in [0.29, 0.717) is 0 Å². The SMILES string of the molecule is CC(C)(C)c1ccc2c(c1)C1(c3cc(C(C)(C)C)ccc3-2)c2ccccc2-c2c(N(c3cccc(-c4ccc5c(c4)c4ccccc4n5-c4ccccc4)c3)c3ccccc3-c3ccccc3-c3ccccc3-c3ccccc3)cccc21. The number of nitrogens with zero attached hydrogens (tertiary/aromatic N) is 2. The van der Waals surface area contributed by atoms with E-state index >= 15 is 0 Å². The second-order valence-corrected chi connectivity index (χ2v) is 24.8. The molecule has 0 fully saturated rings. The van der Waals surface area contributed by atoms with E-state index in [1.54, 1.807) is 0 Å². The molecule has 2 heteroatoms. The van der Waals surface area contributed by atoms with E-state index < -0.39 is 5.41 Å². The molecule has 2 nitrogen and oxygen atoms in total. The van der Waals surface area contributed by atoms with Crippen LogP contribution in [-0.2, 0) is 16.2 Å². The van der Waals surface area contributed by atoms with E-state index in [2.05, 4.69) is 330 Å². The summed E-state index contributed by atoms with van der Waals surface area (Å²) < 4.78 is 2.40. The molecule has 0 saturated heterocycles. The van der Waals surface area contributed by atoms with Crippen LogP contribution in [0.4, 0.5) is 17.1 Å². The highest BCUT2D eigenvalue weighted by Crippen LogP contribution is 2.66. The van der Waals surface area contributed by atoms with Crippen LogP contribution in [0.2, 0.25) is 0 Å². The molecule has 0 N–H and O–H groups in total. The fourth-order valence-electron chi connectivity index (χ4n) is 14.0. The number of rotatable bonds is 8. The highest BCUT2D eigenvalue weighted by molar-refractivity contribution is 6.11. The van der Waals surface area contributed by atoms with E-state index in [1.807, 2.05) is 0 Å². The van der Waals surface area contributed by atoms with Crippen molar-refractivity contribution in [2.24, 2.45) is 0 Å². The molecule has 0 amide bonds. The summed E-state index contributed by atoms with van der Waals surface area (Å²) in [7, 11) is 0. The molecule has 15 rings (SSSR count). The molecule has 83 heavy (non-hydrogen) atoms. The molecule has 2 aliphatic carbocycles. The molecule has 0 bridgehead atoms. The van der Waals surface area contributed by atoms with Crippen molar-refractivity contribution in [3.63, 3.8) is 0 Å². The molecular weight excluding hydrogens is 1000 g/mol. The molecular formula is C81H64N2. The molecule has 13 aromatic rings. The van der Waals surface area contributed by atoms with Gasteiger partial charge >= 0.3 is 0 Å². The zero-order valence-corrected chi connectivity index (χ0v) is 48.0. The Bertz CT molecular complexity index is 4630. The van der Waals surface area contributed by atoms with Gasteiger partial charge in [0, 0.05) is 33.3 Å². The number of anilines is 3. The molecule has 0 aliphatic heterocycles. The van der Waals surface area contributed by atoms with Gasteiger partial charge in [-0.05, 0) is 154 Å². The van der Waals surface area contributed by atoms with Crippen LogP contribution in [0.1, 0.15) is 74.9 Å². The van der Waals surface area contributed by atoms with E-state index in [4.69, 9.17) is 0 Å². The van der Waals surface area contributed by atoms with Gasteiger partial charge in [-0.2, -0.15) is 0 Å². The van der Waals surface area contributed by atoms with Crippen LogP contribution in [0.15, 0.2) is 279 Å². The Morgan fingerprint density at radius 2 is 0.795 bits per heavy atom. The predicted octanol–water partition coefficient (Wildman–Crippen LogP) is 21.9. The standard InChI is InChI=1S/C81H64N2/c1-79(2,3)56-44-46-64-65-47-45-57(80(4,5)6)52-73(65)81(72(64)51-56)70-38-20-17-37-68(70)78-71(81)39-24-42-77(78)83(74-40-21-18-35-66(74)63-34-16-15-33-62(63)61-32-14-13-31-60(61)53-25-9-7-10-26-53)59-30-23-27-54(49-59)55-43-48-76-69(50-55)67-36-19-22-41-75(67)82(76)58-28-11-8-12-29-58/h7-52H,1-6H3. The maximum atomic E-state index is 2.58. The summed E-state index contributed by atoms with van der Waals surface area (Å²) in [5.74, 6) is 0. The smallest absolute Gasteiger partial charge is 0.0726 e. The predicted molar refractivity (Wildman–Crippen MR) is 351 cm³/mol. The highest BCUT2D eigenvalue weighted by atomic mass is 15.1. The van der Waals surface area contributed by atoms with E-state index in [-0.39, 0.29) is 10.8 Å². The van der Waals surface area contributed by atoms with Gasteiger partial charge in [-0.3, -0.25) is 0 Å². The summed E-state index contributed by atoms with van der Waals surface area (Å²) in [6.07, 6.45) is 0. The lowest BCUT2D eigenvalue weighted by molar-refractivity contribution is 0.586. The van der Waals surface area contributed by atoms with Crippen molar-refractivity contribution in [2.75, 3.05) is 4.90 Å². The van der Waals surface area contributed by atoms with Crippen LogP contribution in [0.3, 0.4) is 0 Å². The lowest BCUT2D eigenvalue weighted by atomic mass is 9.69. The molecule has 0 saturated carbocycles. The van der Waals surface area contributed by atoms with Gasteiger partial charge in [0.15, 0.2) is 0 Å². The van der Waals surface area contributed by atoms with Gasteiger partial charge in [-0.25, -0.2) is 0 Å². The third kappa shape index (κ3) is 7.91. The maximum Gasteiger partial charge on any atom is 0.0726 e. The number of benzene rings is 12. The third-order valence-corrected chi connectivity index (χ3v) is 17.9. The summed E-state index contributed by atoms with van der Waals surface area (Å²) in [6.45, 7) is 14.1. The van der Waals surface area contributed by atoms with Gasteiger partial charge < -0.3 is 9.47 Å². The Morgan fingerprint density at radius 3 is 1.48 bits per heavy atom. The number of hydrogen-bond donors (Lipinski definition) is 0. The lowest BCUT2D eigenvalue weighted by Gasteiger charge is -2.34. The van der Waals surface area contributed by atoms with Crippen LogP contribution in [-0.4, -0.2) is 4.57 Å². The van der Waals surface area contributed by atoms with Crippen LogP contribution in [0.25, 0.3) is 94.3 Å². The fourth-order valence-corrected chi connectivity index (χ4v) is 14.0. The molecule has 0 radical (unpaired) electrons. The third-order valence-electron chi connectivity index (χ3n) is 17.9. The Kier molecular flexibility index (Phi) is 11.6. The fraction of sp³-hybridized carbons (Fsp3) is 0.111. The number of para-hydroxylation sites is 3. The zero-order valence-electron chi connectivity index (χ0n) is 48.0. The van der Waals surface area contributed by atoms with Crippen LogP contribution in [0.5, 0.6) is 0 Å². The van der Waals surface area contributed by atoms with Crippen molar-refractivity contribution in [1.82, 2.24) is 4.57 Å². The summed E-state index contributed by atoms with van der Waals surface area (Å²) in [4.78, 5) is 2.58. The molecule has 398 valence electrons. The minimum absolute atomic E-state index is 0.0582. The number of aromatic nitrogens is 1. The Hall–Kier alpha value is -9.76. The topological polar surface area (TPSA) is 8.17 Å². The van der Waals surface area contributed by atoms with Gasteiger partial charge in [-0.15, -0.1) is 0 Å². The van der Waals surface area contributed by atoms with E-state index in [9.17, 15) is 0 Å². The first-order valence-corrected chi connectivity index (χ1v) is 29.3. The van der Waals surface area contributed by atoms with Crippen molar-refractivity contribution >= 4 is 38.9 Å². The van der Waals surface area contributed by atoms with Crippen LogP contribution in [0, 0.1) is 0 Å². The zero-order chi connectivity index (χ0) is 56.2. The number of fused-ring (bicyclic) bond motifs is 13. The molecule has 0 unspecified atom stereocenters. The summed E-state index contributed by atoms with van der Waals surface area (Å²) >= 11 is 0. The first kappa shape index (κ1) is 50.2. The molecule has 2 aliphatic rings. The largest absolute Gasteiger partial charge is 0.309 e. The summed E-state index contributed by atoms with van der Waals surface area (Å²) in [5, 5.41) is 2.46. The van der Waals surface area contributed by atoms with Gasteiger partial charge in [-0.1, -0.05) is 266 Å². The van der Waals surface area contributed by atoms with Crippen LogP contribution < -0.4 is 4.90 Å². The van der Waals surface area contributed by atoms with Crippen molar-refractivity contribution in [3.8, 4) is 72.4 Å². The highest BCUT2D eigenvalue weighted by Gasteiger charge is 2.53. The maximum absolute atomic E-state index is 2.58. The normalized spacial score (nSPS) is 13.0. The molecule has 1 aromatic heterocycles. The summed E-state index contributed by atoms with van der Waals surface area (Å²) in [5.41, 5.74) is 28.7. The van der Waals surface area contributed by atoms with Crippen molar-refractivity contribution in [1.29, 1.82) is 0 Å². The molecule has 12 aromatic carbocycles. The minimum atomic E-state index is -0.579. The Balaban J connectivity index is 1.00. The van der Waals surface area contributed by atoms with Gasteiger partial charge in [0.1, 0.15) is 0 Å². The number of hydrogen-bond acceptors (Lipinski definition) is 1. The average Bonchev–Trinajstić information content (AvgIpc) is 1.63. The first-order chi connectivity index (χ1) is 40.5. The van der Waals surface area contributed by atoms with E-state index in [1.165, 1.54) is 105 Å². The second kappa shape index (κ2) is 19.2. The first-order valence-electron chi connectivity index (χ1n) is 29.3. The molecule has 1 heterocycles. The Labute approximate surface area is 488 Å². The quantitative estimate of drug-likeness (QED) is 0.147. The second-order valence-electron chi connectivity index (χ2n) is 24.8. The van der Waals surface area contributed by atoms with Crippen molar-refractivity contribution in [3.05, 3.63) is 312 Å². The summed E-state index contributed by atoms with van der Waals surface area (Å²) in [6, 6.07) is 105. The van der Waals surface area contributed by atoms with Crippen LogP contribution >= 0.6 is 0 Å². The van der Waals surface area contributed by atoms with Crippen molar-refractivity contribution < 1.29 is 0 Å². The molecule has 1 spiro atoms. The van der Waals surface area contributed by atoms with Crippen molar-refractivity contribution in [2.45, 2.75) is 57.8 Å². The average molecular weight is 1070 g/mol. The molecule has 0 atom stereocenters. The van der Waals surface area contributed by atoms with Gasteiger partial charge in [0.05, 0.1) is 27.8 Å².